The molecule has 0 saturated carbocycles. The first-order chi connectivity index (χ1) is 49.7. The molecule has 594 valence electrons. The Hall–Kier alpha value is -5.67. The molecule has 8 N–H and O–H groups in total. The number of hydrogen-bond acceptors (Lipinski definition) is 11. The number of aryl methyl sites for hydroxylation is 1. The molecule has 8 rings (SSSR count). The third kappa shape index (κ3) is 107. The number of nitrogens with two attached hydrogens (primary N) is 3. The molecule has 3 atom stereocenters. The molecule has 0 heterocycles. The minimum absolute atomic E-state index is 0.148. The lowest BCUT2D eigenvalue weighted by Crippen LogP contribution is -2.11. The number of primary sulfonamides is 1. The molecule has 0 aromatic heterocycles. The van der Waals surface area contributed by atoms with Crippen LogP contribution in [0.1, 0.15) is 207 Å². The van der Waals surface area contributed by atoms with E-state index in [9.17, 15) is 31.4 Å². The minimum atomic E-state index is -3.50. The van der Waals surface area contributed by atoms with Crippen molar-refractivity contribution in [2.45, 2.75) is 233 Å². The molecule has 13 nitrogen and oxygen atoms in total. The summed E-state index contributed by atoms with van der Waals surface area (Å²) >= 11 is -1.88. The van der Waals surface area contributed by atoms with Crippen molar-refractivity contribution in [3.05, 3.63) is 282 Å². The van der Waals surface area contributed by atoms with Gasteiger partial charge in [-0.1, -0.05) is 377 Å². The van der Waals surface area contributed by atoms with Crippen molar-refractivity contribution in [3.8, 4) is 0 Å². The molecule has 8 aromatic carbocycles. The highest BCUT2D eigenvalue weighted by atomic mass is 127. The summed E-state index contributed by atoms with van der Waals surface area (Å²) < 4.78 is 100. The first-order valence-electron chi connectivity index (χ1n) is 35.2. The van der Waals surface area contributed by atoms with E-state index >= 15 is 0 Å². The number of unbranched alkanes of at least 4 members (excludes halogenated alkanes) is 4. The van der Waals surface area contributed by atoms with Crippen LogP contribution in [0.3, 0.4) is 0 Å². The maximum atomic E-state index is 11.1. The Bertz CT molecular complexity index is 3080. The van der Waals surface area contributed by atoms with Gasteiger partial charge >= 0.3 is 0 Å². The van der Waals surface area contributed by atoms with E-state index in [1.165, 1.54) is 101 Å². The van der Waals surface area contributed by atoms with Gasteiger partial charge in [-0.3, -0.25) is 12.7 Å². The van der Waals surface area contributed by atoms with Gasteiger partial charge in [-0.05, 0) is 79.7 Å². The summed E-state index contributed by atoms with van der Waals surface area (Å²) in [6.07, 6.45) is 17.0. The molecule has 0 spiro atoms. The third-order valence-corrected chi connectivity index (χ3v) is 16.2. The molecule has 0 saturated heterocycles. The van der Waals surface area contributed by atoms with E-state index < -0.39 is 94.7 Å². The van der Waals surface area contributed by atoms with E-state index in [4.69, 9.17) is 25.0 Å². The van der Waals surface area contributed by atoms with Crippen LogP contribution in [0.25, 0.3) is 0 Å². The van der Waals surface area contributed by atoms with E-state index in [2.05, 4.69) is 156 Å². The van der Waals surface area contributed by atoms with Gasteiger partial charge in [-0.25, -0.2) is 41.2 Å². The van der Waals surface area contributed by atoms with Crippen molar-refractivity contribution < 1.29 is 31.4 Å². The van der Waals surface area contributed by atoms with Gasteiger partial charge in [0.05, 0.1) is 24.4 Å². The highest BCUT2D eigenvalue weighted by Gasteiger charge is 2.04. The number of benzene rings is 8. The van der Waals surface area contributed by atoms with Crippen molar-refractivity contribution in [1.82, 2.24) is 0 Å². The maximum Gasteiger partial charge on any atom is 0.238 e. The summed E-state index contributed by atoms with van der Waals surface area (Å²) in [6, 6.07) is 72.5. The second-order valence-corrected chi connectivity index (χ2v) is 30.3. The Morgan fingerprint density at radius 2 is 0.606 bits per heavy atom. The number of hydrogen-bond donors (Lipinski definition) is 5. The summed E-state index contributed by atoms with van der Waals surface area (Å²) in [6.45, 7) is 53.5. The Balaban J connectivity index is -0.0000000997. The van der Waals surface area contributed by atoms with Crippen LogP contribution in [0.2, 0.25) is 0 Å². The normalized spacial score (nSPS) is 9.69. The molecule has 0 bridgehead atoms. The van der Waals surface area contributed by atoms with Gasteiger partial charge in [0, 0.05) is 18.3 Å². The van der Waals surface area contributed by atoms with E-state index in [0.717, 1.165) is 7.14 Å². The molecular weight excluding hydrogens is 1620 g/mol. The topological polar surface area (TPSA) is 262 Å². The Morgan fingerprint density at radius 3 is 0.712 bits per heavy atom. The highest BCUT2D eigenvalue weighted by molar-refractivity contribution is 14.2. The predicted molar refractivity (Wildman–Crippen MR) is 478 cm³/mol. The van der Waals surface area contributed by atoms with Gasteiger partial charge in [0.15, 0.2) is 42.4 Å². The van der Waals surface area contributed by atoms with Crippen molar-refractivity contribution in [2.24, 2.45) is 15.4 Å². The van der Waals surface area contributed by atoms with E-state index in [0.29, 0.717) is 19.6 Å². The fraction of sp³-hybridized carbons (Fsp3) is 0.381. The van der Waals surface area contributed by atoms with Crippen LogP contribution in [-0.2, 0) is 62.7 Å². The lowest BCUT2D eigenvalue weighted by atomic mass is 10.2. The standard InChI is InChI=1S/C7H9NOS.C7H8.2C6H5IO.C6H7NO2S.2C6H7NOS.C6H6NOS.C5H12.2C4H10.5C3H8.C2H6.C2H4.C2H3/c1-10(8,9)7-5-3-2-4-6-7;1-7-5-3-2-4-6-7;2*8-7-6-4-2-1-3-5-6;7-10(8,9)6-4-2-1-3-5-6;3*7-9(8)6-4-2-1-3-5-6;1-3-5-4-2;2*1-3-4-2;5*1-3-2;3*1-2/h2-6,8H,1H3;2-6H,1H3;2*1-5H;1-5H,(H2,7,8,9);2*1-5H,7H2;1-5,7H;3-5H2,1-2H3;2*3-4H2,1-2H3;5*3H2,1-2H3;1-2H3;1-2H2;1H,2H2/q;;;;;;;-1;;;;;;;;;;;-1. The van der Waals surface area contributed by atoms with Gasteiger partial charge in [-0.2, -0.15) is 10.6 Å². The minimum Gasteiger partial charge on any atom is -0.521 e. The van der Waals surface area contributed by atoms with Gasteiger partial charge < -0.3 is 15.6 Å². The van der Waals surface area contributed by atoms with Gasteiger partial charge in [-0.15, -0.1) is 18.1 Å². The molecular formula is C84H139I2N5O8S5-2. The second-order valence-electron chi connectivity index (χ2n) is 20.1. The van der Waals surface area contributed by atoms with Crippen LogP contribution in [0.5, 0.6) is 0 Å². The molecule has 0 fully saturated rings. The number of sulfonamides is 1. The average Bonchev–Trinajstić information content (AvgIpc) is 0.895. The van der Waals surface area contributed by atoms with Gasteiger partial charge in [0.25, 0.3) is 0 Å². The predicted octanol–water partition coefficient (Wildman–Crippen LogP) is 26.8. The van der Waals surface area contributed by atoms with Crippen LogP contribution in [-0.4, -0.2) is 27.3 Å². The lowest BCUT2D eigenvalue weighted by molar-refractivity contribution is 0.597. The third-order valence-electron chi connectivity index (χ3n) is 9.46. The van der Waals surface area contributed by atoms with Crippen LogP contribution >= 0.6 is 42.4 Å². The summed E-state index contributed by atoms with van der Waals surface area (Å²) in [5.41, 5.74) is 1.32. The van der Waals surface area contributed by atoms with Gasteiger partial charge in [0.2, 0.25) is 10.0 Å². The monoisotopic (exact) mass is 1760 g/mol. The maximum absolute atomic E-state index is 11.1. The summed E-state index contributed by atoms with van der Waals surface area (Å²) in [5.74, 6) is 0. The van der Waals surface area contributed by atoms with Crippen LogP contribution in [0, 0.1) is 30.2 Å². The fourth-order valence-electron chi connectivity index (χ4n) is 4.76. The van der Waals surface area contributed by atoms with E-state index in [1.807, 2.05) is 117 Å². The second kappa shape index (κ2) is 104. The van der Waals surface area contributed by atoms with Crippen LogP contribution in [0.4, 0.5) is 0 Å². The average molecular weight is 1760 g/mol. The molecule has 104 heavy (non-hydrogen) atoms. The number of rotatable bonds is 11. The Morgan fingerprint density at radius 1 is 0.404 bits per heavy atom. The van der Waals surface area contributed by atoms with Crippen molar-refractivity contribution in [1.29, 1.82) is 9.56 Å². The largest absolute Gasteiger partial charge is 0.521 e. The molecule has 0 amide bonds. The molecule has 0 radical (unpaired) electrons. The summed E-state index contributed by atoms with van der Waals surface area (Å²) in [4.78, 5) is 2.62. The molecule has 3 unspecified atom stereocenters. The quantitative estimate of drug-likeness (QED) is 0.0359. The SMILES string of the molecule is C=C.CC.CCC.CCC.CCC.CCC.CCC.CCCC.CCCC.CCCCC.CS(=N)(=O)c1ccccc1.Cc1ccccc1.N=[S-](=O)c1ccccc1.NS(=O)(=O)c1ccccc1.NS(=O)c1ccccc1.NS(=O)c1ccccc1.O=Ic1ccccc1.O=Ic1ccccc1.[CH-]=C. The van der Waals surface area contributed by atoms with Gasteiger partial charge in [0.1, 0.15) is 22.0 Å². The van der Waals surface area contributed by atoms with Crippen molar-refractivity contribution >= 4 is 94.7 Å². The molecule has 20 heteroatoms. The molecule has 0 aliphatic carbocycles. The molecule has 8 aromatic rings. The van der Waals surface area contributed by atoms with E-state index in [-0.39, 0.29) is 4.90 Å². The zero-order valence-corrected chi connectivity index (χ0v) is 75.5. The van der Waals surface area contributed by atoms with E-state index in [1.54, 1.807) is 115 Å². The smallest absolute Gasteiger partial charge is 0.238 e. The first kappa shape index (κ1) is 122. The first-order valence-corrected chi connectivity index (χ1v) is 46.2. The highest BCUT2D eigenvalue weighted by Crippen LogP contribution is 2.09. The summed E-state index contributed by atoms with van der Waals surface area (Å²) in [7, 11) is -10.2. The van der Waals surface area contributed by atoms with Crippen LogP contribution < -0.4 is 15.4 Å². The molecule has 0 aliphatic rings. The van der Waals surface area contributed by atoms with Crippen LogP contribution in [0.15, 0.2) is 287 Å². The van der Waals surface area contributed by atoms with Crippen molar-refractivity contribution in [3.63, 3.8) is 0 Å². The van der Waals surface area contributed by atoms with Crippen molar-refractivity contribution in [2.75, 3.05) is 6.26 Å². The summed E-state index contributed by atoms with van der Waals surface area (Å²) in [5, 5.41) is 15.0. The number of nitrogens with one attached hydrogen (secondary N) is 2. The lowest BCUT2D eigenvalue weighted by Gasteiger charge is -1.97. The zero-order chi connectivity index (χ0) is 82.5. The molecule has 0 aliphatic heterocycles. The zero-order valence-electron chi connectivity index (χ0n) is 67.1. The fourth-order valence-corrected chi connectivity index (χ4v) is 8.65. The Kier molecular flexibility index (Phi) is 122. The Labute approximate surface area is 666 Å². The number of halogens is 2.